The molecule has 0 fully saturated rings. The van der Waals surface area contributed by atoms with Gasteiger partial charge >= 0.3 is 24.4 Å². The highest BCUT2D eigenvalue weighted by molar-refractivity contribution is 5.81. The van der Waals surface area contributed by atoms with E-state index in [1.165, 1.54) is 25.3 Å². The summed E-state index contributed by atoms with van der Waals surface area (Å²) in [6.45, 7) is 13.7. The van der Waals surface area contributed by atoms with Crippen LogP contribution in [0.15, 0.2) is 18.2 Å². The molecule has 0 saturated carbocycles. The van der Waals surface area contributed by atoms with Crippen molar-refractivity contribution in [2.75, 3.05) is 20.3 Å². The van der Waals surface area contributed by atoms with Gasteiger partial charge < -0.3 is 38.9 Å². The first-order chi connectivity index (χ1) is 17.8. The number of rotatable bonds is 10. The summed E-state index contributed by atoms with van der Waals surface area (Å²) >= 11 is 0. The fraction of sp³-hybridized carbons (Fsp3) is 0.630. The number of nitrogens with two attached hydrogens (primary N) is 1. The molecule has 2 N–H and O–H groups in total. The van der Waals surface area contributed by atoms with Crippen LogP contribution in [0.4, 0.5) is 14.4 Å². The summed E-state index contributed by atoms with van der Waals surface area (Å²) in [6.07, 6.45) is -3.16. The molecule has 1 aromatic carbocycles. The predicted octanol–water partition coefficient (Wildman–Crippen LogP) is 4.93. The molecule has 0 radical (unpaired) electrons. The number of hydrogen-bond acceptors (Lipinski definition) is 12. The van der Waals surface area contributed by atoms with E-state index in [1.54, 1.807) is 41.5 Å². The van der Waals surface area contributed by atoms with E-state index in [-0.39, 0.29) is 43.5 Å². The Labute approximate surface area is 229 Å². The average Bonchev–Trinajstić information content (AvgIpc) is 2.76. The van der Waals surface area contributed by atoms with Crippen LogP contribution in [0, 0.1) is 5.92 Å². The van der Waals surface area contributed by atoms with Crippen LogP contribution in [0.1, 0.15) is 67.4 Å². The van der Waals surface area contributed by atoms with E-state index >= 15 is 0 Å². The van der Waals surface area contributed by atoms with E-state index in [2.05, 4.69) is 0 Å². The second-order valence-electron chi connectivity index (χ2n) is 11.3. The Morgan fingerprint density at radius 2 is 1.36 bits per heavy atom. The largest absolute Gasteiger partial charge is 0.514 e. The number of methoxy groups -OCH3 is 1. The van der Waals surface area contributed by atoms with Crippen LogP contribution in [0.5, 0.6) is 11.5 Å². The minimum atomic E-state index is -1.62. The van der Waals surface area contributed by atoms with Crippen molar-refractivity contribution in [3.05, 3.63) is 23.8 Å². The molecule has 0 unspecified atom stereocenters. The highest BCUT2D eigenvalue weighted by atomic mass is 16.8. The van der Waals surface area contributed by atoms with E-state index in [1.807, 2.05) is 13.8 Å². The number of carbonyl (C=O) groups is 4. The van der Waals surface area contributed by atoms with Gasteiger partial charge in [0.1, 0.15) is 16.7 Å². The lowest BCUT2D eigenvalue weighted by Crippen LogP contribution is -2.51. The Bertz CT molecular complexity index is 1010. The zero-order valence-electron chi connectivity index (χ0n) is 24.2. The normalized spacial score (nSPS) is 13.1. The third-order valence-corrected chi connectivity index (χ3v) is 4.59. The second-order valence-corrected chi connectivity index (χ2v) is 11.3. The highest BCUT2D eigenvalue weighted by Gasteiger charge is 2.36. The summed E-state index contributed by atoms with van der Waals surface area (Å²) < 4.78 is 35.8. The Kier molecular flexibility index (Phi) is 12.0. The number of benzene rings is 1. The van der Waals surface area contributed by atoms with Gasteiger partial charge in [-0.1, -0.05) is 19.9 Å². The van der Waals surface area contributed by atoms with Crippen LogP contribution in [0.2, 0.25) is 0 Å². The van der Waals surface area contributed by atoms with Crippen molar-refractivity contribution in [1.29, 1.82) is 0 Å². The van der Waals surface area contributed by atoms with Crippen molar-refractivity contribution in [2.24, 2.45) is 11.7 Å². The lowest BCUT2D eigenvalue weighted by Gasteiger charge is -2.27. The molecular weight excluding hydrogens is 514 g/mol. The molecule has 0 aliphatic rings. The van der Waals surface area contributed by atoms with Crippen LogP contribution in [-0.4, -0.2) is 61.5 Å². The molecule has 1 atom stereocenters. The molecule has 0 saturated heterocycles. The quantitative estimate of drug-likeness (QED) is 0.236. The summed E-state index contributed by atoms with van der Waals surface area (Å²) in [5.41, 5.74) is 3.49. The van der Waals surface area contributed by atoms with Crippen molar-refractivity contribution < 1.29 is 52.3 Å². The fourth-order valence-corrected chi connectivity index (χ4v) is 2.97. The minimum Gasteiger partial charge on any atom is -0.468 e. The van der Waals surface area contributed by atoms with E-state index < -0.39 is 41.2 Å². The maximum Gasteiger partial charge on any atom is 0.514 e. The molecule has 12 nitrogen and oxygen atoms in total. The van der Waals surface area contributed by atoms with Gasteiger partial charge in [-0.3, -0.25) is 4.79 Å². The number of esters is 1. The molecule has 220 valence electrons. The molecule has 0 aromatic heterocycles. The van der Waals surface area contributed by atoms with E-state index in [4.69, 9.17) is 38.9 Å². The monoisotopic (exact) mass is 555 g/mol. The van der Waals surface area contributed by atoms with Crippen LogP contribution >= 0.6 is 0 Å². The zero-order chi connectivity index (χ0) is 30.0. The molecule has 0 aliphatic heterocycles. The van der Waals surface area contributed by atoms with Crippen molar-refractivity contribution in [2.45, 2.75) is 85.0 Å². The molecule has 0 bridgehead atoms. The summed E-state index contributed by atoms with van der Waals surface area (Å²) in [5, 5.41) is 0. The van der Waals surface area contributed by atoms with Crippen molar-refractivity contribution in [3.8, 4) is 11.5 Å². The Balaban J connectivity index is 3.18. The third kappa shape index (κ3) is 13.2. The Morgan fingerprint density at radius 3 is 1.85 bits per heavy atom. The maximum atomic E-state index is 12.6. The van der Waals surface area contributed by atoms with Crippen molar-refractivity contribution in [3.63, 3.8) is 0 Å². The zero-order valence-corrected chi connectivity index (χ0v) is 24.2. The second kappa shape index (κ2) is 14.0. The first kappa shape index (κ1) is 33.5. The summed E-state index contributed by atoms with van der Waals surface area (Å²) in [5.74, 6) is -0.935. The first-order valence-electron chi connectivity index (χ1n) is 12.4. The van der Waals surface area contributed by atoms with Crippen molar-refractivity contribution >= 4 is 24.4 Å². The molecule has 1 aromatic rings. The van der Waals surface area contributed by atoms with Gasteiger partial charge in [-0.25, -0.2) is 14.4 Å². The Morgan fingerprint density at radius 1 is 0.821 bits per heavy atom. The average molecular weight is 556 g/mol. The molecule has 1 rings (SSSR count). The molecular formula is C27H41NO11. The topological polar surface area (TPSA) is 159 Å². The van der Waals surface area contributed by atoms with Crippen LogP contribution in [0.25, 0.3) is 0 Å². The first-order valence-corrected chi connectivity index (χ1v) is 12.4. The fourth-order valence-electron chi connectivity index (χ4n) is 2.97. The molecule has 0 spiro atoms. The standard InChI is InChI=1S/C27H41NO11/c1-17(2)16-35-22(30)34-13-12-27(28,21(29)33-9)15-18-10-11-19(36-23(31)38-25(3,4)5)20(14-18)37-24(32)39-26(6,7)8/h10-11,14,17H,12-13,15-16,28H2,1-9H3/t27-/m1/s1. The summed E-state index contributed by atoms with van der Waals surface area (Å²) in [4.78, 5) is 49.0. The van der Waals surface area contributed by atoms with Gasteiger partial charge in [0.2, 0.25) is 0 Å². The van der Waals surface area contributed by atoms with E-state index in [9.17, 15) is 19.2 Å². The van der Waals surface area contributed by atoms with Gasteiger partial charge in [0.25, 0.3) is 0 Å². The number of ether oxygens (including phenoxy) is 7. The predicted molar refractivity (Wildman–Crippen MR) is 140 cm³/mol. The number of hydrogen-bond donors (Lipinski definition) is 1. The molecule has 39 heavy (non-hydrogen) atoms. The van der Waals surface area contributed by atoms with Crippen LogP contribution in [0.3, 0.4) is 0 Å². The lowest BCUT2D eigenvalue weighted by molar-refractivity contribution is -0.147. The summed E-state index contributed by atoms with van der Waals surface area (Å²) in [7, 11) is 1.18. The van der Waals surface area contributed by atoms with Gasteiger partial charge in [0.15, 0.2) is 11.5 Å². The van der Waals surface area contributed by atoms with Gasteiger partial charge in [0, 0.05) is 12.8 Å². The lowest BCUT2D eigenvalue weighted by atomic mass is 9.88. The van der Waals surface area contributed by atoms with Gasteiger partial charge in [-0.2, -0.15) is 0 Å². The van der Waals surface area contributed by atoms with E-state index in [0.717, 1.165) is 0 Å². The number of carbonyl (C=O) groups excluding carboxylic acids is 4. The molecule has 0 aliphatic carbocycles. The van der Waals surface area contributed by atoms with Gasteiger partial charge in [-0.05, 0) is 65.2 Å². The molecule has 12 heteroatoms. The molecule has 0 amide bonds. The molecule has 0 heterocycles. The SMILES string of the molecule is COC(=O)[C@@](N)(CCOC(=O)OCC(C)C)Cc1ccc(OC(=O)OC(C)(C)C)c(OC(=O)OC(C)(C)C)c1. The summed E-state index contributed by atoms with van der Waals surface area (Å²) in [6, 6.07) is 4.24. The highest BCUT2D eigenvalue weighted by Crippen LogP contribution is 2.32. The third-order valence-electron chi connectivity index (χ3n) is 4.59. The van der Waals surface area contributed by atoms with Gasteiger partial charge in [0.05, 0.1) is 20.3 Å². The van der Waals surface area contributed by atoms with Crippen LogP contribution in [-0.2, 0) is 34.9 Å². The van der Waals surface area contributed by atoms with E-state index in [0.29, 0.717) is 5.56 Å². The smallest absolute Gasteiger partial charge is 0.468 e. The van der Waals surface area contributed by atoms with Gasteiger partial charge in [-0.15, -0.1) is 0 Å². The Hall–Kier alpha value is -3.54. The maximum absolute atomic E-state index is 12.6. The minimum absolute atomic E-state index is 0.102. The van der Waals surface area contributed by atoms with Crippen LogP contribution < -0.4 is 15.2 Å². The van der Waals surface area contributed by atoms with Crippen molar-refractivity contribution in [1.82, 2.24) is 0 Å².